The fourth-order valence-corrected chi connectivity index (χ4v) is 2.64. The molecule has 1 N–H and O–H groups in total. The highest BCUT2D eigenvalue weighted by molar-refractivity contribution is 5.76. The van der Waals surface area contributed by atoms with Gasteiger partial charge in [-0.3, -0.25) is 14.8 Å². The van der Waals surface area contributed by atoms with Gasteiger partial charge in [-0.25, -0.2) is 0 Å². The molecule has 4 heteroatoms. The van der Waals surface area contributed by atoms with Crippen molar-refractivity contribution < 1.29 is 4.79 Å². The molecule has 114 valence electrons. The molecule has 0 saturated heterocycles. The van der Waals surface area contributed by atoms with Gasteiger partial charge in [0, 0.05) is 25.0 Å². The Bertz CT molecular complexity index is 638. The van der Waals surface area contributed by atoms with E-state index >= 15 is 0 Å². The standard InChI is InChI=1S/C18H21N3O/c1-13-8-10-20-16(11-13)18(15-5-6-15)21-17(22)7-4-14-3-2-9-19-12-14/h2-3,8-12,15,18H,4-7H2,1H3,(H,21,22). The molecule has 1 aliphatic rings. The van der Waals surface area contributed by atoms with Gasteiger partial charge >= 0.3 is 0 Å². The first kappa shape index (κ1) is 14.7. The lowest BCUT2D eigenvalue weighted by Gasteiger charge is -2.18. The lowest BCUT2D eigenvalue weighted by Crippen LogP contribution is -2.30. The van der Waals surface area contributed by atoms with Crippen molar-refractivity contribution in [3.63, 3.8) is 0 Å². The molecule has 0 aliphatic heterocycles. The first-order valence-corrected chi connectivity index (χ1v) is 7.83. The molecule has 1 amide bonds. The maximum absolute atomic E-state index is 12.3. The van der Waals surface area contributed by atoms with Crippen molar-refractivity contribution in [3.05, 3.63) is 59.7 Å². The molecule has 0 spiro atoms. The Morgan fingerprint density at radius 2 is 2.23 bits per heavy atom. The van der Waals surface area contributed by atoms with Crippen molar-refractivity contribution >= 4 is 5.91 Å². The maximum atomic E-state index is 12.3. The van der Waals surface area contributed by atoms with Crippen LogP contribution >= 0.6 is 0 Å². The summed E-state index contributed by atoms with van der Waals surface area (Å²) in [6.07, 6.45) is 8.93. The first-order valence-electron chi connectivity index (χ1n) is 7.83. The molecule has 2 aromatic heterocycles. The maximum Gasteiger partial charge on any atom is 0.220 e. The molecule has 2 aromatic rings. The Balaban J connectivity index is 1.60. The van der Waals surface area contributed by atoms with Crippen LogP contribution in [-0.4, -0.2) is 15.9 Å². The van der Waals surface area contributed by atoms with Crippen LogP contribution in [0.15, 0.2) is 42.9 Å². The van der Waals surface area contributed by atoms with Gasteiger partial charge in [0.1, 0.15) is 0 Å². The smallest absolute Gasteiger partial charge is 0.220 e. The fourth-order valence-electron chi connectivity index (χ4n) is 2.64. The average Bonchev–Trinajstić information content (AvgIpc) is 3.36. The lowest BCUT2D eigenvalue weighted by molar-refractivity contribution is -0.122. The van der Waals surface area contributed by atoms with Gasteiger partial charge in [0.25, 0.3) is 0 Å². The Morgan fingerprint density at radius 3 is 2.91 bits per heavy atom. The van der Waals surface area contributed by atoms with Crippen molar-refractivity contribution in [2.75, 3.05) is 0 Å². The number of nitrogens with one attached hydrogen (secondary N) is 1. The van der Waals surface area contributed by atoms with Gasteiger partial charge in [-0.15, -0.1) is 0 Å². The van der Waals surface area contributed by atoms with Crippen molar-refractivity contribution in [1.82, 2.24) is 15.3 Å². The van der Waals surface area contributed by atoms with Crippen LogP contribution in [0.25, 0.3) is 0 Å². The van der Waals surface area contributed by atoms with E-state index in [9.17, 15) is 4.79 Å². The van der Waals surface area contributed by atoms with Crippen molar-refractivity contribution in [2.45, 2.75) is 38.6 Å². The summed E-state index contributed by atoms with van der Waals surface area (Å²) in [4.78, 5) is 20.8. The summed E-state index contributed by atoms with van der Waals surface area (Å²) in [5, 5.41) is 3.17. The zero-order chi connectivity index (χ0) is 15.4. The SMILES string of the molecule is Cc1ccnc(C(NC(=O)CCc2cccnc2)C2CC2)c1. The molecule has 22 heavy (non-hydrogen) atoms. The Labute approximate surface area is 131 Å². The lowest BCUT2D eigenvalue weighted by atomic mass is 10.1. The van der Waals surface area contributed by atoms with Gasteiger partial charge in [-0.1, -0.05) is 6.07 Å². The molecule has 1 aliphatic carbocycles. The van der Waals surface area contributed by atoms with Gasteiger partial charge < -0.3 is 5.32 Å². The van der Waals surface area contributed by atoms with Gasteiger partial charge in [-0.05, 0) is 61.4 Å². The van der Waals surface area contributed by atoms with Crippen LogP contribution in [0.1, 0.15) is 42.1 Å². The third kappa shape index (κ3) is 3.91. The molecule has 4 nitrogen and oxygen atoms in total. The highest BCUT2D eigenvalue weighted by atomic mass is 16.1. The first-order chi connectivity index (χ1) is 10.7. The summed E-state index contributed by atoms with van der Waals surface area (Å²) in [7, 11) is 0. The van der Waals surface area contributed by atoms with Crippen LogP contribution in [-0.2, 0) is 11.2 Å². The second-order valence-corrected chi connectivity index (χ2v) is 6.00. The number of amides is 1. The van der Waals surface area contributed by atoms with Crippen LogP contribution in [0.3, 0.4) is 0 Å². The van der Waals surface area contributed by atoms with Gasteiger partial charge in [0.05, 0.1) is 11.7 Å². The zero-order valence-electron chi connectivity index (χ0n) is 12.8. The number of nitrogens with zero attached hydrogens (tertiary/aromatic N) is 2. The van der Waals surface area contributed by atoms with Gasteiger partial charge in [0.2, 0.25) is 5.91 Å². The molecule has 0 aromatic carbocycles. The largest absolute Gasteiger partial charge is 0.347 e. The van der Waals surface area contributed by atoms with E-state index < -0.39 is 0 Å². The van der Waals surface area contributed by atoms with E-state index in [1.54, 1.807) is 6.20 Å². The predicted molar refractivity (Wildman–Crippen MR) is 85.1 cm³/mol. The highest BCUT2D eigenvalue weighted by Crippen LogP contribution is 2.40. The van der Waals surface area contributed by atoms with Crippen LogP contribution < -0.4 is 5.32 Å². The Morgan fingerprint density at radius 1 is 1.36 bits per heavy atom. The van der Waals surface area contributed by atoms with E-state index in [0.29, 0.717) is 12.3 Å². The summed E-state index contributed by atoms with van der Waals surface area (Å²) in [6, 6.07) is 8.01. The Hall–Kier alpha value is -2.23. The number of hydrogen-bond acceptors (Lipinski definition) is 3. The summed E-state index contributed by atoms with van der Waals surface area (Å²) in [5.41, 5.74) is 3.26. The minimum absolute atomic E-state index is 0.0568. The van der Waals surface area contributed by atoms with Gasteiger partial charge in [0.15, 0.2) is 0 Å². The predicted octanol–water partition coefficient (Wildman–Crippen LogP) is 2.99. The van der Waals surface area contributed by atoms with Crippen LogP contribution in [0.5, 0.6) is 0 Å². The number of hydrogen-bond donors (Lipinski definition) is 1. The highest BCUT2D eigenvalue weighted by Gasteiger charge is 2.34. The fraction of sp³-hybridized carbons (Fsp3) is 0.389. The van der Waals surface area contributed by atoms with Crippen molar-refractivity contribution in [2.24, 2.45) is 5.92 Å². The minimum atomic E-state index is 0.0568. The average molecular weight is 295 g/mol. The Kier molecular flexibility index (Phi) is 4.47. The molecule has 0 bridgehead atoms. The molecule has 1 saturated carbocycles. The molecule has 1 unspecified atom stereocenters. The van der Waals surface area contributed by atoms with E-state index in [4.69, 9.17) is 0 Å². The quantitative estimate of drug-likeness (QED) is 0.891. The number of rotatable bonds is 6. The van der Waals surface area contributed by atoms with E-state index in [1.807, 2.05) is 30.6 Å². The number of carbonyl (C=O) groups is 1. The summed E-state index contributed by atoms with van der Waals surface area (Å²) in [5.74, 6) is 0.626. The number of pyridine rings is 2. The molecular formula is C18H21N3O. The molecule has 3 rings (SSSR count). The van der Waals surface area contributed by atoms with Gasteiger partial charge in [-0.2, -0.15) is 0 Å². The molecule has 1 atom stereocenters. The monoisotopic (exact) mass is 295 g/mol. The number of aromatic nitrogens is 2. The summed E-state index contributed by atoms with van der Waals surface area (Å²) in [6.45, 7) is 2.05. The third-order valence-corrected chi connectivity index (χ3v) is 4.03. The van der Waals surface area contributed by atoms with E-state index in [2.05, 4.69) is 28.3 Å². The second-order valence-electron chi connectivity index (χ2n) is 6.00. The zero-order valence-corrected chi connectivity index (χ0v) is 12.8. The van der Waals surface area contributed by atoms with Crippen LogP contribution in [0, 0.1) is 12.8 Å². The number of carbonyl (C=O) groups excluding carboxylic acids is 1. The number of aryl methyl sites for hydroxylation is 2. The summed E-state index contributed by atoms with van der Waals surface area (Å²) < 4.78 is 0. The van der Waals surface area contributed by atoms with E-state index in [1.165, 1.54) is 18.4 Å². The topological polar surface area (TPSA) is 54.9 Å². The van der Waals surface area contributed by atoms with E-state index in [0.717, 1.165) is 17.7 Å². The molecule has 2 heterocycles. The molecule has 0 radical (unpaired) electrons. The van der Waals surface area contributed by atoms with Crippen LogP contribution in [0.4, 0.5) is 0 Å². The second kappa shape index (κ2) is 6.69. The molecule has 1 fully saturated rings. The van der Waals surface area contributed by atoms with Crippen molar-refractivity contribution in [3.8, 4) is 0 Å². The van der Waals surface area contributed by atoms with Crippen molar-refractivity contribution in [1.29, 1.82) is 0 Å². The van der Waals surface area contributed by atoms with Crippen LogP contribution in [0.2, 0.25) is 0 Å². The molecular weight excluding hydrogens is 274 g/mol. The summed E-state index contributed by atoms with van der Waals surface area (Å²) >= 11 is 0. The normalized spacial score (nSPS) is 15.3. The third-order valence-electron chi connectivity index (χ3n) is 4.03. The minimum Gasteiger partial charge on any atom is -0.347 e. The van der Waals surface area contributed by atoms with E-state index in [-0.39, 0.29) is 11.9 Å².